The van der Waals surface area contributed by atoms with Crippen molar-refractivity contribution in [3.63, 3.8) is 0 Å². The van der Waals surface area contributed by atoms with Crippen LogP contribution in [-0.2, 0) is 6.54 Å². The zero-order valence-electron chi connectivity index (χ0n) is 18.0. The summed E-state index contributed by atoms with van der Waals surface area (Å²) in [5.74, 6) is 0.927. The molecule has 2 N–H and O–H groups in total. The van der Waals surface area contributed by atoms with Crippen molar-refractivity contribution in [1.29, 1.82) is 0 Å². The molecule has 30 heavy (non-hydrogen) atoms. The Bertz CT molecular complexity index is 777. The standard InChI is InChI=1S/C23H34N6.HI/c1-2-24-23(27-20-11-15-28(16-12-20)21-8-3-4-9-21)25-18-19-7-5-10-22(17-19)29-14-6-13-26-29;/h5-7,10,13-14,17,20-21H,2-4,8-9,11-12,15-16,18H2,1H3,(H2,24,25,27);1H. The first kappa shape index (κ1) is 23.1. The molecule has 7 heteroatoms. The van der Waals surface area contributed by atoms with Gasteiger partial charge in [0.2, 0.25) is 0 Å². The fourth-order valence-corrected chi connectivity index (χ4v) is 4.58. The molecule has 1 aliphatic carbocycles. The molecule has 0 amide bonds. The number of nitrogens with one attached hydrogen (secondary N) is 2. The molecule has 0 spiro atoms. The Morgan fingerprint density at radius 1 is 1.13 bits per heavy atom. The zero-order chi connectivity index (χ0) is 19.9. The molecule has 1 aliphatic heterocycles. The molecule has 2 fully saturated rings. The van der Waals surface area contributed by atoms with Gasteiger partial charge in [-0.2, -0.15) is 5.10 Å². The minimum absolute atomic E-state index is 0. The fraction of sp³-hybridized carbons (Fsp3) is 0.565. The van der Waals surface area contributed by atoms with Gasteiger partial charge in [0.1, 0.15) is 0 Å². The third-order valence-corrected chi connectivity index (χ3v) is 6.15. The Morgan fingerprint density at radius 3 is 2.63 bits per heavy atom. The molecule has 1 saturated heterocycles. The highest BCUT2D eigenvalue weighted by molar-refractivity contribution is 14.0. The van der Waals surface area contributed by atoms with Gasteiger partial charge in [0.25, 0.3) is 0 Å². The van der Waals surface area contributed by atoms with Gasteiger partial charge in [-0.05, 0) is 56.4 Å². The summed E-state index contributed by atoms with van der Waals surface area (Å²) >= 11 is 0. The molecule has 0 radical (unpaired) electrons. The summed E-state index contributed by atoms with van der Waals surface area (Å²) < 4.78 is 1.88. The van der Waals surface area contributed by atoms with E-state index in [2.05, 4.69) is 51.8 Å². The van der Waals surface area contributed by atoms with E-state index in [-0.39, 0.29) is 24.0 Å². The molecule has 164 valence electrons. The molecule has 0 unspecified atom stereocenters. The normalized spacial score (nSPS) is 18.9. The molecule has 1 aromatic heterocycles. The van der Waals surface area contributed by atoms with Crippen LogP contribution in [0.2, 0.25) is 0 Å². The van der Waals surface area contributed by atoms with E-state index in [4.69, 9.17) is 4.99 Å². The summed E-state index contributed by atoms with van der Waals surface area (Å²) in [5, 5.41) is 11.4. The molecule has 2 aromatic rings. The highest BCUT2D eigenvalue weighted by Crippen LogP contribution is 2.26. The average Bonchev–Trinajstić information content (AvgIpc) is 3.47. The summed E-state index contributed by atoms with van der Waals surface area (Å²) in [7, 11) is 0. The number of likely N-dealkylation sites (tertiary alicyclic amines) is 1. The number of nitrogens with zero attached hydrogens (tertiary/aromatic N) is 4. The molecule has 1 saturated carbocycles. The Labute approximate surface area is 197 Å². The van der Waals surface area contributed by atoms with Gasteiger partial charge >= 0.3 is 0 Å². The largest absolute Gasteiger partial charge is 0.357 e. The highest BCUT2D eigenvalue weighted by atomic mass is 127. The Hall–Kier alpha value is -1.61. The smallest absolute Gasteiger partial charge is 0.191 e. The van der Waals surface area contributed by atoms with Crippen molar-refractivity contribution in [2.45, 2.75) is 64.1 Å². The van der Waals surface area contributed by atoms with Gasteiger partial charge in [0, 0.05) is 44.1 Å². The molecular formula is C23H35IN6. The maximum atomic E-state index is 4.85. The van der Waals surface area contributed by atoms with Crippen molar-refractivity contribution in [2.24, 2.45) is 4.99 Å². The number of hydrogen-bond acceptors (Lipinski definition) is 3. The van der Waals surface area contributed by atoms with E-state index in [1.807, 2.05) is 16.9 Å². The molecule has 1 aromatic carbocycles. The molecule has 0 bridgehead atoms. The van der Waals surface area contributed by atoms with Gasteiger partial charge in [-0.1, -0.05) is 25.0 Å². The number of halogens is 1. The van der Waals surface area contributed by atoms with Gasteiger partial charge in [0.15, 0.2) is 5.96 Å². The first-order chi connectivity index (χ1) is 14.3. The first-order valence-electron chi connectivity index (χ1n) is 11.2. The van der Waals surface area contributed by atoms with Crippen LogP contribution in [0, 0.1) is 0 Å². The van der Waals surface area contributed by atoms with Crippen molar-refractivity contribution in [1.82, 2.24) is 25.3 Å². The van der Waals surface area contributed by atoms with Crippen LogP contribution in [-0.4, -0.2) is 52.4 Å². The second-order valence-corrected chi connectivity index (χ2v) is 8.21. The van der Waals surface area contributed by atoms with E-state index >= 15 is 0 Å². The minimum Gasteiger partial charge on any atom is -0.357 e. The van der Waals surface area contributed by atoms with Crippen LogP contribution in [0.4, 0.5) is 0 Å². The molecule has 4 rings (SSSR count). The van der Waals surface area contributed by atoms with Crippen molar-refractivity contribution >= 4 is 29.9 Å². The summed E-state index contributed by atoms with van der Waals surface area (Å²) in [6, 6.07) is 11.7. The molecule has 0 atom stereocenters. The van der Waals surface area contributed by atoms with E-state index in [0.29, 0.717) is 12.6 Å². The van der Waals surface area contributed by atoms with Crippen molar-refractivity contribution in [3.8, 4) is 5.69 Å². The van der Waals surface area contributed by atoms with E-state index in [0.717, 1.165) is 24.2 Å². The van der Waals surface area contributed by atoms with E-state index in [1.165, 1.54) is 57.2 Å². The topological polar surface area (TPSA) is 57.5 Å². The Morgan fingerprint density at radius 2 is 1.93 bits per heavy atom. The predicted molar refractivity (Wildman–Crippen MR) is 134 cm³/mol. The fourth-order valence-electron chi connectivity index (χ4n) is 4.58. The van der Waals surface area contributed by atoms with Crippen LogP contribution in [0.25, 0.3) is 5.69 Å². The van der Waals surface area contributed by atoms with Gasteiger partial charge < -0.3 is 15.5 Å². The maximum Gasteiger partial charge on any atom is 0.191 e. The SMILES string of the molecule is CCNC(=NCc1cccc(-n2cccn2)c1)NC1CCN(C2CCCC2)CC1.I. The number of aliphatic imine (C=N–C) groups is 1. The van der Waals surface area contributed by atoms with Crippen LogP contribution in [0.1, 0.15) is 51.0 Å². The summed E-state index contributed by atoms with van der Waals surface area (Å²) in [6.45, 7) is 6.09. The van der Waals surface area contributed by atoms with Crippen LogP contribution in [0.3, 0.4) is 0 Å². The zero-order valence-corrected chi connectivity index (χ0v) is 20.3. The monoisotopic (exact) mass is 522 g/mol. The third-order valence-electron chi connectivity index (χ3n) is 6.15. The summed E-state index contributed by atoms with van der Waals surface area (Å²) in [5.41, 5.74) is 2.26. The number of benzene rings is 1. The van der Waals surface area contributed by atoms with Gasteiger partial charge in [0.05, 0.1) is 12.2 Å². The summed E-state index contributed by atoms with van der Waals surface area (Å²) in [4.78, 5) is 7.57. The molecule has 2 heterocycles. The minimum atomic E-state index is 0. The van der Waals surface area contributed by atoms with E-state index in [9.17, 15) is 0 Å². The van der Waals surface area contributed by atoms with Crippen LogP contribution in [0.15, 0.2) is 47.7 Å². The number of guanidine groups is 1. The highest BCUT2D eigenvalue weighted by Gasteiger charge is 2.27. The van der Waals surface area contributed by atoms with Crippen molar-refractivity contribution in [2.75, 3.05) is 19.6 Å². The van der Waals surface area contributed by atoms with E-state index in [1.54, 1.807) is 6.20 Å². The predicted octanol–water partition coefficient (Wildman–Crippen LogP) is 3.95. The van der Waals surface area contributed by atoms with Crippen LogP contribution < -0.4 is 10.6 Å². The lowest BCUT2D eigenvalue weighted by Gasteiger charge is -2.36. The molecular weight excluding hydrogens is 487 g/mol. The van der Waals surface area contributed by atoms with Gasteiger partial charge in [-0.3, -0.25) is 0 Å². The van der Waals surface area contributed by atoms with Crippen molar-refractivity contribution in [3.05, 3.63) is 48.3 Å². The quantitative estimate of drug-likeness (QED) is 0.343. The maximum absolute atomic E-state index is 4.85. The Kier molecular flexibility index (Phi) is 8.99. The second-order valence-electron chi connectivity index (χ2n) is 8.21. The lowest BCUT2D eigenvalue weighted by Crippen LogP contribution is -2.50. The number of hydrogen-bond donors (Lipinski definition) is 2. The number of aromatic nitrogens is 2. The lowest BCUT2D eigenvalue weighted by atomic mass is 10.0. The number of rotatable bonds is 6. The second kappa shape index (κ2) is 11.7. The first-order valence-corrected chi connectivity index (χ1v) is 11.2. The van der Waals surface area contributed by atoms with Crippen LogP contribution in [0.5, 0.6) is 0 Å². The van der Waals surface area contributed by atoms with Crippen molar-refractivity contribution < 1.29 is 0 Å². The average molecular weight is 522 g/mol. The van der Waals surface area contributed by atoms with Crippen LogP contribution >= 0.6 is 24.0 Å². The lowest BCUT2D eigenvalue weighted by molar-refractivity contribution is 0.150. The number of piperidine rings is 1. The van der Waals surface area contributed by atoms with Gasteiger partial charge in [-0.25, -0.2) is 9.67 Å². The van der Waals surface area contributed by atoms with E-state index < -0.39 is 0 Å². The molecule has 2 aliphatic rings. The third kappa shape index (κ3) is 6.20. The Balaban J connectivity index is 0.00000256. The molecule has 6 nitrogen and oxygen atoms in total. The summed E-state index contributed by atoms with van der Waals surface area (Å²) in [6.07, 6.45) is 11.8. The van der Waals surface area contributed by atoms with Gasteiger partial charge in [-0.15, -0.1) is 24.0 Å².